The lowest BCUT2D eigenvalue weighted by Gasteiger charge is -2.35. The molecule has 1 fully saturated rings. The van der Waals surface area contributed by atoms with Gasteiger partial charge in [0.05, 0.1) is 11.8 Å². The molecule has 0 N–H and O–H groups in total. The Morgan fingerprint density at radius 3 is 2.42 bits per heavy atom. The molecule has 4 rings (SSSR count). The molecule has 0 spiro atoms. The molecule has 0 unspecified atom stereocenters. The molecule has 1 aromatic heterocycles. The van der Waals surface area contributed by atoms with Crippen LogP contribution in [0.15, 0.2) is 61.1 Å². The van der Waals surface area contributed by atoms with Gasteiger partial charge in [-0.3, -0.25) is 9.88 Å². The first-order valence-corrected chi connectivity index (χ1v) is 9.75. The Morgan fingerprint density at radius 2 is 1.71 bits per heavy atom. The molecule has 0 bridgehead atoms. The van der Waals surface area contributed by atoms with Gasteiger partial charge >= 0.3 is 6.18 Å². The lowest BCUT2D eigenvalue weighted by Crippen LogP contribution is -2.46. The summed E-state index contributed by atoms with van der Waals surface area (Å²) in [5, 5.41) is 0. The van der Waals surface area contributed by atoms with Gasteiger partial charge in [0.15, 0.2) is 0 Å². The summed E-state index contributed by atoms with van der Waals surface area (Å²) in [5.74, 6) is -0.136. The maximum atomic E-state index is 13.5. The number of benzene rings is 2. The molecule has 1 aliphatic rings. The second-order valence-electron chi connectivity index (χ2n) is 7.22. The molecule has 1 aliphatic heterocycles. The largest absolute Gasteiger partial charge is 0.457 e. The fourth-order valence-corrected chi connectivity index (χ4v) is 3.48. The van der Waals surface area contributed by atoms with Crippen LogP contribution in [0, 0.1) is 5.82 Å². The topological polar surface area (TPSA) is 41.5 Å². The Morgan fingerprint density at radius 1 is 0.935 bits per heavy atom. The van der Waals surface area contributed by atoms with Crippen LogP contribution in [0.4, 0.5) is 23.4 Å². The summed E-state index contributed by atoms with van der Waals surface area (Å²) in [5.41, 5.74) is -0.370. The van der Waals surface area contributed by atoms with Crippen LogP contribution in [-0.2, 0) is 12.7 Å². The normalized spacial score (nSPS) is 15.2. The van der Waals surface area contributed by atoms with E-state index in [1.807, 2.05) is 6.07 Å². The highest BCUT2D eigenvalue weighted by molar-refractivity contribution is 5.38. The molecule has 0 atom stereocenters. The fourth-order valence-electron chi connectivity index (χ4n) is 3.48. The number of hydrogen-bond donors (Lipinski definition) is 0. The third-order valence-corrected chi connectivity index (χ3v) is 5.03. The van der Waals surface area contributed by atoms with Gasteiger partial charge in [0.25, 0.3) is 0 Å². The number of rotatable bonds is 5. The first kappa shape index (κ1) is 21.0. The molecule has 0 saturated carbocycles. The van der Waals surface area contributed by atoms with Gasteiger partial charge in [-0.25, -0.2) is 9.37 Å². The van der Waals surface area contributed by atoms with Crippen molar-refractivity contribution < 1.29 is 22.3 Å². The Kier molecular flexibility index (Phi) is 6.03. The highest BCUT2D eigenvalue weighted by atomic mass is 19.4. The van der Waals surface area contributed by atoms with Gasteiger partial charge in [-0.15, -0.1) is 0 Å². The first-order chi connectivity index (χ1) is 14.9. The van der Waals surface area contributed by atoms with E-state index in [-0.39, 0.29) is 5.75 Å². The molecule has 2 heterocycles. The summed E-state index contributed by atoms with van der Waals surface area (Å²) < 4.78 is 57.8. The molecule has 9 heteroatoms. The zero-order valence-electron chi connectivity index (χ0n) is 16.5. The molecule has 5 nitrogen and oxygen atoms in total. The lowest BCUT2D eigenvalue weighted by atomic mass is 10.1. The van der Waals surface area contributed by atoms with E-state index < -0.39 is 17.6 Å². The SMILES string of the molecule is Fc1ccc(Oc2cccc(CN3CCN(c4cnccn4)CC3)c2)cc1C(F)(F)F. The second-order valence-corrected chi connectivity index (χ2v) is 7.22. The smallest absolute Gasteiger partial charge is 0.419 e. The lowest BCUT2D eigenvalue weighted by molar-refractivity contribution is -0.140. The Labute approximate surface area is 176 Å². The van der Waals surface area contributed by atoms with Crippen LogP contribution in [0.3, 0.4) is 0 Å². The number of halogens is 4. The highest BCUT2D eigenvalue weighted by Crippen LogP contribution is 2.35. The van der Waals surface area contributed by atoms with Crippen molar-refractivity contribution in [2.75, 3.05) is 31.1 Å². The van der Waals surface area contributed by atoms with Crippen LogP contribution in [0.5, 0.6) is 11.5 Å². The van der Waals surface area contributed by atoms with Crippen molar-refractivity contribution >= 4 is 5.82 Å². The zero-order valence-corrected chi connectivity index (χ0v) is 16.5. The molecule has 0 aliphatic carbocycles. The van der Waals surface area contributed by atoms with Crippen LogP contribution in [0.1, 0.15) is 11.1 Å². The van der Waals surface area contributed by atoms with Crippen molar-refractivity contribution in [2.45, 2.75) is 12.7 Å². The van der Waals surface area contributed by atoms with Gasteiger partial charge in [0.2, 0.25) is 0 Å². The van der Waals surface area contributed by atoms with Crippen molar-refractivity contribution in [3.05, 3.63) is 78.0 Å². The minimum atomic E-state index is -4.78. The third-order valence-electron chi connectivity index (χ3n) is 5.03. The Balaban J connectivity index is 1.38. The van der Waals surface area contributed by atoms with Crippen LogP contribution in [0.25, 0.3) is 0 Å². The number of aromatic nitrogens is 2. The minimum Gasteiger partial charge on any atom is -0.457 e. The number of nitrogens with zero attached hydrogens (tertiary/aromatic N) is 4. The second kappa shape index (κ2) is 8.89. The first-order valence-electron chi connectivity index (χ1n) is 9.75. The zero-order chi connectivity index (χ0) is 21.8. The van der Waals surface area contributed by atoms with E-state index in [9.17, 15) is 17.6 Å². The van der Waals surface area contributed by atoms with Gasteiger partial charge in [-0.2, -0.15) is 13.2 Å². The molecule has 3 aromatic rings. The summed E-state index contributed by atoms with van der Waals surface area (Å²) in [7, 11) is 0. The maximum absolute atomic E-state index is 13.5. The predicted octanol–water partition coefficient (Wildman–Crippen LogP) is 4.75. The van der Waals surface area contributed by atoms with Gasteiger partial charge in [0, 0.05) is 45.1 Å². The Hall–Kier alpha value is -3.20. The third kappa shape index (κ3) is 5.29. The van der Waals surface area contributed by atoms with Crippen molar-refractivity contribution in [1.82, 2.24) is 14.9 Å². The predicted molar refractivity (Wildman–Crippen MR) is 107 cm³/mol. The molecular formula is C22H20F4N4O. The van der Waals surface area contributed by atoms with Crippen molar-refractivity contribution in [3.8, 4) is 11.5 Å². The van der Waals surface area contributed by atoms with E-state index in [1.54, 1.807) is 36.8 Å². The standard InChI is InChI=1S/C22H20F4N4O/c23-20-5-4-18(13-19(20)22(24,25)26)31-17-3-1-2-16(12-17)15-29-8-10-30(11-9-29)21-14-27-6-7-28-21/h1-7,12-14H,8-11,15H2. The van der Waals surface area contributed by atoms with E-state index in [0.29, 0.717) is 18.4 Å². The summed E-state index contributed by atoms with van der Waals surface area (Å²) in [6.45, 7) is 4.02. The number of anilines is 1. The quantitative estimate of drug-likeness (QED) is 0.545. The molecule has 162 valence electrons. The van der Waals surface area contributed by atoms with Crippen LogP contribution in [-0.4, -0.2) is 41.0 Å². The summed E-state index contributed by atoms with van der Waals surface area (Å²) in [6.07, 6.45) is 0.283. The molecule has 1 saturated heterocycles. The molecule has 0 amide bonds. The van der Waals surface area contributed by atoms with Gasteiger partial charge in [-0.1, -0.05) is 12.1 Å². The minimum absolute atomic E-state index is 0.0662. The maximum Gasteiger partial charge on any atom is 0.419 e. The number of hydrogen-bond acceptors (Lipinski definition) is 5. The molecular weight excluding hydrogens is 412 g/mol. The monoisotopic (exact) mass is 432 g/mol. The highest BCUT2D eigenvalue weighted by Gasteiger charge is 2.34. The van der Waals surface area contributed by atoms with Crippen molar-refractivity contribution in [2.24, 2.45) is 0 Å². The molecule has 0 radical (unpaired) electrons. The summed E-state index contributed by atoms with van der Waals surface area (Å²) >= 11 is 0. The van der Waals surface area contributed by atoms with Crippen LogP contribution >= 0.6 is 0 Å². The number of ether oxygens (including phenoxy) is 1. The average molecular weight is 432 g/mol. The van der Waals surface area contributed by atoms with Gasteiger partial charge in [0.1, 0.15) is 23.1 Å². The van der Waals surface area contributed by atoms with Crippen molar-refractivity contribution in [3.63, 3.8) is 0 Å². The fraction of sp³-hybridized carbons (Fsp3) is 0.273. The summed E-state index contributed by atoms with van der Waals surface area (Å²) in [6, 6.07) is 9.79. The Bertz CT molecular complexity index is 1020. The average Bonchev–Trinajstić information content (AvgIpc) is 2.76. The van der Waals surface area contributed by atoms with Gasteiger partial charge in [-0.05, 0) is 35.9 Å². The number of piperazine rings is 1. The van der Waals surface area contributed by atoms with E-state index in [1.165, 1.54) is 6.07 Å². The van der Waals surface area contributed by atoms with Crippen molar-refractivity contribution in [1.29, 1.82) is 0 Å². The van der Waals surface area contributed by atoms with E-state index in [4.69, 9.17) is 4.74 Å². The number of alkyl halides is 3. The van der Waals surface area contributed by atoms with E-state index in [2.05, 4.69) is 19.8 Å². The molecule has 2 aromatic carbocycles. The van der Waals surface area contributed by atoms with Crippen LogP contribution in [0.2, 0.25) is 0 Å². The molecule has 31 heavy (non-hydrogen) atoms. The van der Waals surface area contributed by atoms with Gasteiger partial charge < -0.3 is 9.64 Å². The summed E-state index contributed by atoms with van der Waals surface area (Å²) in [4.78, 5) is 12.9. The van der Waals surface area contributed by atoms with E-state index >= 15 is 0 Å². The van der Waals surface area contributed by atoms with Crippen LogP contribution < -0.4 is 9.64 Å². The van der Waals surface area contributed by atoms with E-state index in [0.717, 1.165) is 43.6 Å².